The molecule has 0 N–H and O–H groups in total. The Kier molecular flexibility index (Phi) is 91.4. The van der Waals surface area contributed by atoms with E-state index in [0.717, 1.165) is 0 Å². The van der Waals surface area contributed by atoms with Crippen LogP contribution in [0.4, 0.5) is 0 Å². The van der Waals surface area contributed by atoms with Crippen molar-refractivity contribution in [3.05, 3.63) is 0 Å². The van der Waals surface area contributed by atoms with Gasteiger partial charge in [-0.3, -0.25) is 115 Å². The van der Waals surface area contributed by atoms with Crippen LogP contribution in [0.1, 0.15) is 0 Å². The summed E-state index contributed by atoms with van der Waals surface area (Å²) in [5.74, 6) is 0. The SMILES string of the molecule is O=COP(OC=O)OC=O.O=COP(OC=O)OC=O.O=COP(OC=O)OC=O.O=COP(OC=O)OC=O.O=COP(OC=O)OC=O.O=COP(OC=O)OC=O.O=COP(OC=O)OC=O.O=COP(OC=O)OC=O. The summed E-state index contributed by atoms with van der Waals surface area (Å²) in [7, 11) is -17.3. The second-order valence-corrected chi connectivity index (χ2v) is 15.3. The molecule has 0 fully saturated rings. The Morgan fingerprint density at radius 1 is 0.100 bits per heavy atom. The van der Waals surface area contributed by atoms with Crippen LogP contribution in [-0.2, 0) is 224 Å². The highest BCUT2D eigenvalue weighted by Crippen LogP contribution is 2.40. The molecule has 0 aliphatic carbocycles. The van der Waals surface area contributed by atoms with E-state index in [0.29, 0.717) is 0 Å². The molecule has 0 aromatic heterocycles. The first-order valence-electron chi connectivity index (χ1n) is 15.7. The minimum absolute atomic E-state index is 0.0126. The van der Waals surface area contributed by atoms with Crippen LogP contribution in [0.3, 0.4) is 0 Å². The zero-order valence-corrected chi connectivity index (χ0v) is 44.2. The highest BCUT2D eigenvalue weighted by molar-refractivity contribution is 7.45. The second-order valence-electron chi connectivity index (χ2n) is 6.63. The summed E-state index contributed by atoms with van der Waals surface area (Å²) in [4.78, 5) is 230. The third-order valence-corrected chi connectivity index (χ3v) is 9.30. The average Bonchev–Trinajstić information content (AvgIpc) is 3.42. The molecule has 56 heteroatoms. The molecule has 0 unspecified atom stereocenters. The molecule has 0 atom stereocenters. The van der Waals surface area contributed by atoms with Crippen molar-refractivity contribution < 1.29 is 224 Å². The number of hydrogen-bond donors (Lipinski definition) is 0. The zero-order valence-electron chi connectivity index (χ0n) is 37.0. The lowest BCUT2D eigenvalue weighted by molar-refractivity contribution is -0.130. The highest BCUT2D eigenvalue weighted by atomic mass is 31.2. The van der Waals surface area contributed by atoms with Crippen LogP contribution in [0.25, 0.3) is 0 Å². The lowest BCUT2D eigenvalue weighted by Gasteiger charge is -2.03. The first-order chi connectivity index (χ1) is 38.8. The largest absolute Gasteiger partial charge is 0.536 e. The van der Waals surface area contributed by atoms with E-state index in [-0.39, 0.29) is 155 Å². The first-order valence-corrected chi connectivity index (χ1v) is 24.5. The summed E-state index contributed by atoms with van der Waals surface area (Å²) >= 11 is 0. The molecule has 0 radical (unpaired) electrons. The number of hydrogen-bond acceptors (Lipinski definition) is 48. The van der Waals surface area contributed by atoms with Gasteiger partial charge in [0, 0.05) is 0 Å². The monoisotopic (exact) mass is 1330 g/mol. The van der Waals surface area contributed by atoms with Gasteiger partial charge in [-0.2, -0.15) is 0 Å². The lowest BCUT2D eigenvalue weighted by Crippen LogP contribution is -1.90. The summed E-state index contributed by atoms with van der Waals surface area (Å²) < 4.78 is 96.0. The molecule has 0 aliphatic rings. The van der Waals surface area contributed by atoms with Crippen LogP contribution in [-0.4, -0.2) is 155 Å². The maximum Gasteiger partial charge on any atom is 0.536 e. The van der Waals surface area contributed by atoms with Gasteiger partial charge < -0.3 is 109 Å². The molecule has 0 rings (SSSR count). The Morgan fingerprint density at radius 3 is 0.163 bits per heavy atom. The third-order valence-electron chi connectivity index (χ3n) is 3.10. The van der Waals surface area contributed by atoms with E-state index in [1.807, 2.05) is 0 Å². The molecule has 0 aromatic carbocycles. The fourth-order valence-electron chi connectivity index (χ4n) is 1.44. The normalized spacial score (nSPS) is 8.10. The average molecular weight is 1330 g/mol. The molecule has 0 heterocycles. The van der Waals surface area contributed by atoms with E-state index >= 15 is 0 Å². The maximum atomic E-state index is 9.57. The fraction of sp³-hybridized carbons (Fsp3) is 0. The summed E-state index contributed by atoms with van der Waals surface area (Å²) in [6, 6.07) is 0. The van der Waals surface area contributed by atoms with E-state index in [2.05, 4.69) is 109 Å². The molecule has 448 valence electrons. The molecule has 0 bridgehead atoms. The van der Waals surface area contributed by atoms with Crippen LogP contribution in [0.15, 0.2) is 0 Å². The van der Waals surface area contributed by atoms with Gasteiger partial charge in [0.25, 0.3) is 0 Å². The molecular formula is C24H24O48P8. The van der Waals surface area contributed by atoms with Crippen LogP contribution >= 0.6 is 68.8 Å². The molecule has 0 spiro atoms. The van der Waals surface area contributed by atoms with Gasteiger partial charge in [0.2, 0.25) is 0 Å². The Balaban J connectivity index is -0.000000123. The summed E-state index contributed by atoms with van der Waals surface area (Å²) in [5, 5.41) is 0. The first kappa shape index (κ1) is 87.4. The zero-order chi connectivity index (χ0) is 62.6. The van der Waals surface area contributed by atoms with Gasteiger partial charge in [-0.05, 0) is 0 Å². The van der Waals surface area contributed by atoms with Crippen molar-refractivity contribution in [3.8, 4) is 0 Å². The van der Waals surface area contributed by atoms with Gasteiger partial charge in [-0.15, -0.1) is 0 Å². The van der Waals surface area contributed by atoms with E-state index in [4.69, 9.17) is 0 Å². The molecule has 0 saturated heterocycles. The molecular weight excluding hydrogens is 1300 g/mol. The number of carbonyl (C=O) groups is 24. The quantitative estimate of drug-likeness (QED) is 0.0463. The molecule has 0 amide bonds. The van der Waals surface area contributed by atoms with E-state index in [1.165, 1.54) is 0 Å². The van der Waals surface area contributed by atoms with Crippen LogP contribution < -0.4 is 0 Å². The predicted molar refractivity (Wildman–Crippen MR) is 227 cm³/mol. The van der Waals surface area contributed by atoms with Crippen molar-refractivity contribution in [1.29, 1.82) is 0 Å². The van der Waals surface area contributed by atoms with Crippen molar-refractivity contribution in [2.75, 3.05) is 0 Å². The number of rotatable bonds is 48. The van der Waals surface area contributed by atoms with Crippen LogP contribution in [0.5, 0.6) is 0 Å². The van der Waals surface area contributed by atoms with Crippen LogP contribution in [0.2, 0.25) is 0 Å². The third kappa shape index (κ3) is 80.1. The fourth-order valence-corrected chi connectivity index (χ4v) is 4.32. The molecule has 48 nitrogen and oxygen atoms in total. The minimum Gasteiger partial charge on any atom is -0.378 e. The standard InChI is InChI=1S/8C3H3O6P/c8*4-1-7-10(8-2-5)9-3-6/h8*1-3H. The van der Waals surface area contributed by atoms with Gasteiger partial charge in [0.1, 0.15) is 0 Å². The predicted octanol–water partition coefficient (Wildman–Crippen LogP) is -2.14. The summed E-state index contributed by atoms with van der Waals surface area (Å²) in [6.07, 6.45) is 0. The highest BCUT2D eigenvalue weighted by Gasteiger charge is 2.18. The molecule has 0 saturated carbocycles. The lowest BCUT2D eigenvalue weighted by atomic mass is 11.7. The Hall–Kier alpha value is -9.28. The minimum atomic E-state index is -2.17. The van der Waals surface area contributed by atoms with Crippen molar-refractivity contribution >= 4 is 224 Å². The van der Waals surface area contributed by atoms with Crippen molar-refractivity contribution in [2.45, 2.75) is 0 Å². The van der Waals surface area contributed by atoms with Gasteiger partial charge >= 0.3 is 224 Å². The van der Waals surface area contributed by atoms with E-state index in [9.17, 15) is 115 Å². The molecule has 80 heavy (non-hydrogen) atoms. The van der Waals surface area contributed by atoms with Crippen molar-refractivity contribution in [3.63, 3.8) is 0 Å². The smallest absolute Gasteiger partial charge is 0.378 e. The number of carbonyl (C=O) groups excluding carboxylic acids is 24. The molecule has 0 aliphatic heterocycles. The van der Waals surface area contributed by atoms with Crippen molar-refractivity contribution in [1.82, 2.24) is 0 Å². The molecule has 0 aromatic rings. The topological polar surface area (TPSA) is 631 Å². The summed E-state index contributed by atoms with van der Waals surface area (Å²) in [6.45, 7) is 0.302. The Labute approximate surface area is 447 Å². The van der Waals surface area contributed by atoms with Gasteiger partial charge in [0.05, 0.1) is 0 Å². The van der Waals surface area contributed by atoms with Gasteiger partial charge in [-0.25, -0.2) is 0 Å². The maximum absolute atomic E-state index is 9.57. The Bertz CT molecular complexity index is 1160. The van der Waals surface area contributed by atoms with Gasteiger partial charge in [0.15, 0.2) is 0 Å². The van der Waals surface area contributed by atoms with E-state index in [1.54, 1.807) is 0 Å². The van der Waals surface area contributed by atoms with E-state index < -0.39 is 68.8 Å². The summed E-state index contributed by atoms with van der Waals surface area (Å²) in [5.41, 5.74) is 0. The van der Waals surface area contributed by atoms with Crippen LogP contribution in [0, 0.1) is 0 Å². The second kappa shape index (κ2) is 83.7. The van der Waals surface area contributed by atoms with Crippen molar-refractivity contribution in [2.24, 2.45) is 0 Å². The Morgan fingerprint density at radius 2 is 0.138 bits per heavy atom. The van der Waals surface area contributed by atoms with Gasteiger partial charge in [-0.1, -0.05) is 0 Å².